The van der Waals surface area contributed by atoms with Crippen LogP contribution in [-0.2, 0) is 6.42 Å². The van der Waals surface area contributed by atoms with Crippen LogP contribution in [0.25, 0.3) is 0 Å². The normalized spacial score (nSPS) is 32.7. The third-order valence-electron chi connectivity index (χ3n) is 9.78. The standard InChI is InChI=1S/C32H49F/c1-3-5-7-9-24-11-12-30-22-29(20-19-28(30)21-24)25-13-15-26(16-14-25)31-18-17-27(32(33)23-31)10-8-6-4-2/h4,6,17-18,23-26,28-30H,3,5,7-16,19-22H2,1-2H3/b6-4+. The van der Waals surface area contributed by atoms with E-state index in [4.69, 9.17) is 0 Å². The van der Waals surface area contributed by atoms with Gasteiger partial charge in [-0.2, -0.15) is 0 Å². The molecule has 1 heteroatoms. The number of allylic oxidation sites excluding steroid dienone is 2. The molecule has 0 spiro atoms. The first-order valence-electron chi connectivity index (χ1n) is 14.6. The molecule has 184 valence electrons. The molecule has 4 atom stereocenters. The van der Waals surface area contributed by atoms with Gasteiger partial charge in [0.05, 0.1) is 0 Å². The fourth-order valence-corrected chi connectivity index (χ4v) is 7.75. The van der Waals surface area contributed by atoms with Crippen LogP contribution in [0, 0.1) is 35.4 Å². The minimum absolute atomic E-state index is 0.0164. The molecule has 0 heterocycles. The molecule has 4 unspecified atom stereocenters. The molecular formula is C32H49F. The summed E-state index contributed by atoms with van der Waals surface area (Å²) in [4.78, 5) is 0. The van der Waals surface area contributed by atoms with Crippen LogP contribution in [0.4, 0.5) is 4.39 Å². The number of rotatable bonds is 9. The Hall–Kier alpha value is -1.11. The second-order valence-corrected chi connectivity index (χ2v) is 11.8. The van der Waals surface area contributed by atoms with E-state index < -0.39 is 0 Å². The molecule has 0 aromatic heterocycles. The van der Waals surface area contributed by atoms with E-state index in [2.05, 4.69) is 31.2 Å². The van der Waals surface area contributed by atoms with Crippen LogP contribution in [0.15, 0.2) is 30.4 Å². The van der Waals surface area contributed by atoms with E-state index in [1.165, 1.54) is 89.0 Å². The van der Waals surface area contributed by atoms with Gasteiger partial charge in [-0.15, -0.1) is 0 Å². The molecule has 0 N–H and O–H groups in total. The average Bonchev–Trinajstić information content (AvgIpc) is 2.85. The predicted octanol–water partition coefficient (Wildman–Crippen LogP) is 10.0. The maximum absolute atomic E-state index is 14.6. The van der Waals surface area contributed by atoms with Crippen molar-refractivity contribution in [2.45, 2.75) is 122 Å². The third kappa shape index (κ3) is 6.73. The summed E-state index contributed by atoms with van der Waals surface area (Å²) in [5, 5.41) is 0. The highest BCUT2D eigenvalue weighted by Gasteiger charge is 2.38. The maximum atomic E-state index is 14.6. The van der Waals surface area contributed by atoms with Crippen molar-refractivity contribution in [3.63, 3.8) is 0 Å². The van der Waals surface area contributed by atoms with Crippen LogP contribution in [0.3, 0.4) is 0 Å². The summed E-state index contributed by atoms with van der Waals surface area (Å²) in [6.45, 7) is 4.36. The lowest BCUT2D eigenvalue weighted by atomic mass is 9.60. The van der Waals surface area contributed by atoms with Crippen LogP contribution in [-0.4, -0.2) is 0 Å². The van der Waals surface area contributed by atoms with E-state index >= 15 is 0 Å². The van der Waals surface area contributed by atoms with Crippen molar-refractivity contribution >= 4 is 0 Å². The largest absolute Gasteiger partial charge is 0.207 e. The lowest BCUT2D eigenvalue weighted by Crippen LogP contribution is -2.34. The highest BCUT2D eigenvalue weighted by atomic mass is 19.1. The Labute approximate surface area is 203 Å². The summed E-state index contributed by atoms with van der Waals surface area (Å²) >= 11 is 0. The van der Waals surface area contributed by atoms with Gasteiger partial charge in [0.25, 0.3) is 0 Å². The monoisotopic (exact) mass is 452 g/mol. The Kier molecular flexibility index (Phi) is 9.51. The molecule has 0 radical (unpaired) electrons. The van der Waals surface area contributed by atoms with Gasteiger partial charge in [0, 0.05) is 0 Å². The summed E-state index contributed by atoms with van der Waals surface area (Å²) < 4.78 is 14.6. The molecular weight excluding hydrogens is 403 g/mol. The summed E-state index contributed by atoms with van der Waals surface area (Å²) in [5.74, 6) is 5.64. The smallest absolute Gasteiger partial charge is 0.126 e. The van der Waals surface area contributed by atoms with Gasteiger partial charge in [-0.25, -0.2) is 4.39 Å². The Bertz CT molecular complexity index is 741. The fourth-order valence-electron chi connectivity index (χ4n) is 7.75. The summed E-state index contributed by atoms with van der Waals surface area (Å²) in [7, 11) is 0. The molecule has 1 aromatic carbocycles. The lowest BCUT2D eigenvalue weighted by Gasteiger charge is -2.45. The molecule has 1 aromatic rings. The molecule has 3 saturated carbocycles. The first-order valence-corrected chi connectivity index (χ1v) is 14.6. The number of fused-ring (bicyclic) bond motifs is 1. The van der Waals surface area contributed by atoms with E-state index in [1.807, 2.05) is 13.0 Å². The topological polar surface area (TPSA) is 0 Å². The zero-order chi connectivity index (χ0) is 23.0. The second kappa shape index (κ2) is 12.6. The minimum Gasteiger partial charge on any atom is -0.207 e. The molecule has 0 saturated heterocycles. The van der Waals surface area contributed by atoms with Gasteiger partial charge in [-0.3, -0.25) is 0 Å². The predicted molar refractivity (Wildman–Crippen MR) is 140 cm³/mol. The van der Waals surface area contributed by atoms with Crippen molar-refractivity contribution in [1.29, 1.82) is 0 Å². The average molecular weight is 453 g/mol. The van der Waals surface area contributed by atoms with Gasteiger partial charge in [0.15, 0.2) is 0 Å². The highest BCUT2D eigenvalue weighted by Crippen LogP contribution is 2.50. The van der Waals surface area contributed by atoms with E-state index in [-0.39, 0.29) is 5.82 Å². The Morgan fingerprint density at radius 1 is 0.848 bits per heavy atom. The zero-order valence-electron chi connectivity index (χ0n) is 21.5. The van der Waals surface area contributed by atoms with E-state index in [9.17, 15) is 4.39 Å². The maximum Gasteiger partial charge on any atom is 0.126 e. The van der Waals surface area contributed by atoms with Gasteiger partial charge in [-0.05, 0) is 130 Å². The second-order valence-electron chi connectivity index (χ2n) is 11.8. The molecule has 0 amide bonds. The van der Waals surface area contributed by atoms with Crippen molar-refractivity contribution in [3.05, 3.63) is 47.3 Å². The van der Waals surface area contributed by atoms with Crippen LogP contribution in [0.2, 0.25) is 0 Å². The van der Waals surface area contributed by atoms with Gasteiger partial charge in [-0.1, -0.05) is 63.3 Å². The minimum atomic E-state index is 0.0164. The molecule has 0 aliphatic heterocycles. The van der Waals surface area contributed by atoms with Crippen molar-refractivity contribution in [2.24, 2.45) is 29.6 Å². The lowest BCUT2D eigenvalue weighted by molar-refractivity contribution is 0.0614. The number of halogens is 1. The van der Waals surface area contributed by atoms with Crippen molar-refractivity contribution in [2.75, 3.05) is 0 Å². The van der Waals surface area contributed by atoms with Gasteiger partial charge < -0.3 is 0 Å². The first-order chi connectivity index (χ1) is 16.2. The van der Waals surface area contributed by atoms with Gasteiger partial charge in [0.1, 0.15) is 5.82 Å². The first kappa shape index (κ1) is 25.0. The van der Waals surface area contributed by atoms with E-state index in [0.717, 1.165) is 48.0 Å². The molecule has 0 bridgehead atoms. The summed E-state index contributed by atoms with van der Waals surface area (Å²) in [6.07, 6.45) is 26.1. The van der Waals surface area contributed by atoms with E-state index in [1.54, 1.807) is 6.42 Å². The Morgan fingerprint density at radius 3 is 2.27 bits per heavy atom. The van der Waals surface area contributed by atoms with Crippen LogP contribution >= 0.6 is 0 Å². The molecule has 3 aliphatic rings. The van der Waals surface area contributed by atoms with Crippen LogP contribution < -0.4 is 0 Å². The number of unbranched alkanes of at least 4 members (excludes halogenated alkanes) is 2. The fraction of sp³-hybridized carbons (Fsp3) is 0.750. The number of hydrogen-bond acceptors (Lipinski definition) is 0. The molecule has 33 heavy (non-hydrogen) atoms. The van der Waals surface area contributed by atoms with Crippen molar-refractivity contribution in [1.82, 2.24) is 0 Å². The molecule has 3 fully saturated rings. The third-order valence-corrected chi connectivity index (χ3v) is 9.78. The number of benzene rings is 1. The molecule has 0 nitrogen and oxygen atoms in total. The molecule has 4 rings (SSSR count). The molecule has 3 aliphatic carbocycles. The summed E-state index contributed by atoms with van der Waals surface area (Å²) in [6, 6.07) is 6.14. The quantitative estimate of drug-likeness (QED) is 0.258. The zero-order valence-corrected chi connectivity index (χ0v) is 21.5. The Balaban J connectivity index is 1.23. The van der Waals surface area contributed by atoms with Crippen LogP contribution in [0.1, 0.15) is 127 Å². The van der Waals surface area contributed by atoms with E-state index in [0.29, 0.717) is 5.92 Å². The van der Waals surface area contributed by atoms with Crippen molar-refractivity contribution < 1.29 is 4.39 Å². The van der Waals surface area contributed by atoms with Gasteiger partial charge >= 0.3 is 0 Å². The number of aryl methyl sites for hydroxylation is 1. The summed E-state index contributed by atoms with van der Waals surface area (Å²) in [5.41, 5.74) is 2.13. The SMILES string of the molecule is C/C=C/CCc1ccc(C2CCC(C3CCC4CC(CCCCC)CCC4C3)CC2)cc1F. The van der Waals surface area contributed by atoms with Crippen LogP contribution in [0.5, 0.6) is 0 Å². The number of hydrogen-bond donors (Lipinski definition) is 0. The van der Waals surface area contributed by atoms with Crippen molar-refractivity contribution in [3.8, 4) is 0 Å². The van der Waals surface area contributed by atoms with Gasteiger partial charge in [0.2, 0.25) is 0 Å². The highest BCUT2D eigenvalue weighted by molar-refractivity contribution is 5.28. The Morgan fingerprint density at radius 2 is 1.55 bits per heavy atom.